The molecule has 2 rings (SSSR count). The van der Waals surface area contributed by atoms with Crippen molar-refractivity contribution in [3.05, 3.63) is 29.5 Å². The standard InChI is InChI=1S/C11H11F3N2/c1-6(2)8-3-7-5-15-16-10(7)4-9(8)11(12,13)14/h3-6H,1-2H3,(H,15,16). The van der Waals surface area contributed by atoms with E-state index in [0.717, 1.165) is 6.07 Å². The third kappa shape index (κ3) is 1.77. The molecule has 1 aromatic carbocycles. The Morgan fingerprint density at radius 3 is 2.50 bits per heavy atom. The summed E-state index contributed by atoms with van der Waals surface area (Å²) < 4.78 is 38.4. The van der Waals surface area contributed by atoms with E-state index in [1.54, 1.807) is 19.9 Å². The number of fused-ring (bicyclic) bond motifs is 1. The molecule has 0 unspecified atom stereocenters. The number of aromatic amines is 1. The molecule has 2 aromatic rings. The summed E-state index contributed by atoms with van der Waals surface area (Å²) in [6.07, 6.45) is -2.79. The SMILES string of the molecule is CC(C)c1cc2cn[nH]c2cc1C(F)(F)F. The molecule has 0 spiro atoms. The molecule has 0 aliphatic heterocycles. The minimum atomic E-state index is -4.32. The van der Waals surface area contributed by atoms with Crippen LogP contribution >= 0.6 is 0 Å². The molecular weight excluding hydrogens is 217 g/mol. The average molecular weight is 228 g/mol. The Hall–Kier alpha value is -1.52. The number of halogens is 3. The van der Waals surface area contributed by atoms with Crippen molar-refractivity contribution in [3.8, 4) is 0 Å². The van der Waals surface area contributed by atoms with Crippen molar-refractivity contribution >= 4 is 10.9 Å². The van der Waals surface area contributed by atoms with Crippen LogP contribution in [0.15, 0.2) is 18.3 Å². The summed E-state index contributed by atoms with van der Waals surface area (Å²) >= 11 is 0. The zero-order chi connectivity index (χ0) is 11.9. The molecule has 2 nitrogen and oxygen atoms in total. The third-order valence-corrected chi connectivity index (χ3v) is 2.54. The lowest BCUT2D eigenvalue weighted by molar-refractivity contribution is -0.138. The first-order valence-corrected chi connectivity index (χ1v) is 4.94. The molecule has 1 N–H and O–H groups in total. The summed E-state index contributed by atoms with van der Waals surface area (Å²) in [5, 5.41) is 6.99. The van der Waals surface area contributed by atoms with Crippen LogP contribution in [0.25, 0.3) is 10.9 Å². The van der Waals surface area contributed by atoms with Gasteiger partial charge in [0.15, 0.2) is 0 Å². The van der Waals surface area contributed by atoms with Crippen LogP contribution in [-0.4, -0.2) is 10.2 Å². The Bertz CT molecular complexity index is 511. The number of nitrogens with one attached hydrogen (secondary N) is 1. The molecule has 1 aromatic heterocycles. The zero-order valence-corrected chi connectivity index (χ0v) is 8.89. The van der Waals surface area contributed by atoms with Crippen LogP contribution in [0.3, 0.4) is 0 Å². The topological polar surface area (TPSA) is 28.7 Å². The van der Waals surface area contributed by atoms with Gasteiger partial charge in [0.1, 0.15) is 0 Å². The maximum absolute atomic E-state index is 12.8. The van der Waals surface area contributed by atoms with E-state index in [0.29, 0.717) is 16.5 Å². The van der Waals surface area contributed by atoms with Gasteiger partial charge in [-0.15, -0.1) is 0 Å². The highest BCUT2D eigenvalue weighted by atomic mass is 19.4. The maximum Gasteiger partial charge on any atom is 0.416 e. The Labute approximate surface area is 90.5 Å². The van der Waals surface area contributed by atoms with Crippen LogP contribution in [0.4, 0.5) is 13.2 Å². The predicted molar refractivity (Wildman–Crippen MR) is 55.2 cm³/mol. The summed E-state index contributed by atoms with van der Waals surface area (Å²) in [6, 6.07) is 2.67. The normalized spacial score (nSPS) is 12.6. The highest BCUT2D eigenvalue weighted by molar-refractivity contribution is 5.80. The Morgan fingerprint density at radius 1 is 1.25 bits per heavy atom. The van der Waals surface area contributed by atoms with Gasteiger partial charge in [0.2, 0.25) is 0 Å². The number of hydrogen-bond acceptors (Lipinski definition) is 1. The van der Waals surface area contributed by atoms with E-state index >= 15 is 0 Å². The van der Waals surface area contributed by atoms with Gasteiger partial charge in [-0.05, 0) is 23.6 Å². The summed E-state index contributed by atoms with van der Waals surface area (Å²) in [5.74, 6) is -0.170. The lowest BCUT2D eigenvalue weighted by atomic mass is 9.95. The molecule has 0 saturated heterocycles. The summed E-state index contributed by atoms with van der Waals surface area (Å²) in [4.78, 5) is 0. The quantitative estimate of drug-likeness (QED) is 0.792. The molecule has 0 atom stereocenters. The van der Waals surface area contributed by atoms with Gasteiger partial charge in [-0.2, -0.15) is 18.3 Å². The van der Waals surface area contributed by atoms with Crippen molar-refractivity contribution in [1.82, 2.24) is 10.2 Å². The molecule has 0 bridgehead atoms. The fourth-order valence-electron chi connectivity index (χ4n) is 1.73. The maximum atomic E-state index is 12.8. The second kappa shape index (κ2) is 3.50. The minimum absolute atomic E-state index is 0.170. The fraction of sp³-hybridized carbons (Fsp3) is 0.364. The molecule has 0 amide bonds. The minimum Gasteiger partial charge on any atom is -0.278 e. The second-order valence-electron chi connectivity index (χ2n) is 4.05. The van der Waals surface area contributed by atoms with Gasteiger partial charge in [-0.3, -0.25) is 5.10 Å². The molecule has 0 saturated carbocycles. The van der Waals surface area contributed by atoms with Crippen LogP contribution in [0.2, 0.25) is 0 Å². The number of aromatic nitrogens is 2. The number of hydrogen-bond donors (Lipinski definition) is 1. The van der Waals surface area contributed by atoms with E-state index < -0.39 is 11.7 Å². The predicted octanol–water partition coefficient (Wildman–Crippen LogP) is 3.71. The van der Waals surface area contributed by atoms with Crippen molar-refractivity contribution in [3.63, 3.8) is 0 Å². The van der Waals surface area contributed by atoms with Gasteiger partial charge >= 0.3 is 6.18 Å². The third-order valence-electron chi connectivity index (χ3n) is 2.54. The molecule has 5 heteroatoms. The van der Waals surface area contributed by atoms with Crippen LogP contribution < -0.4 is 0 Å². The molecule has 1 heterocycles. The van der Waals surface area contributed by atoms with Crippen molar-refractivity contribution in [2.24, 2.45) is 0 Å². The smallest absolute Gasteiger partial charge is 0.278 e. The molecule has 0 aliphatic carbocycles. The van der Waals surface area contributed by atoms with E-state index in [-0.39, 0.29) is 5.92 Å². The Balaban J connectivity index is 2.72. The summed E-state index contributed by atoms with van der Waals surface area (Å²) in [7, 11) is 0. The highest BCUT2D eigenvalue weighted by Crippen LogP contribution is 2.37. The van der Waals surface area contributed by atoms with Gasteiger partial charge in [0.05, 0.1) is 17.3 Å². The number of rotatable bonds is 1. The van der Waals surface area contributed by atoms with Crippen LogP contribution in [-0.2, 0) is 6.18 Å². The van der Waals surface area contributed by atoms with Gasteiger partial charge in [-0.1, -0.05) is 13.8 Å². The largest absolute Gasteiger partial charge is 0.416 e. The van der Waals surface area contributed by atoms with E-state index in [1.165, 1.54) is 6.20 Å². The number of nitrogens with zero attached hydrogens (tertiary/aromatic N) is 1. The van der Waals surface area contributed by atoms with Gasteiger partial charge in [-0.25, -0.2) is 0 Å². The fourth-order valence-corrected chi connectivity index (χ4v) is 1.73. The molecule has 16 heavy (non-hydrogen) atoms. The number of alkyl halides is 3. The number of H-pyrrole nitrogens is 1. The van der Waals surface area contributed by atoms with E-state index in [1.807, 2.05) is 0 Å². The molecule has 0 radical (unpaired) electrons. The van der Waals surface area contributed by atoms with Gasteiger partial charge in [0, 0.05) is 5.39 Å². The summed E-state index contributed by atoms with van der Waals surface area (Å²) in [6.45, 7) is 3.49. The first kappa shape index (κ1) is 11.0. The van der Waals surface area contributed by atoms with Gasteiger partial charge in [0.25, 0.3) is 0 Å². The highest BCUT2D eigenvalue weighted by Gasteiger charge is 2.34. The van der Waals surface area contributed by atoms with Crippen molar-refractivity contribution in [2.75, 3.05) is 0 Å². The van der Waals surface area contributed by atoms with Gasteiger partial charge < -0.3 is 0 Å². The summed E-state index contributed by atoms with van der Waals surface area (Å²) in [5.41, 5.74) is 0.136. The van der Waals surface area contributed by atoms with E-state index in [2.05, 4.69) is 10.2 Å². The van der Waals surface area contributed by atoms with E-state index in [4.69, 9.17) is 0 Å². The molecule has 0 fully saturated rings. The van der Waals surface area contributed by atoms with Crippen LogP contribution in [0.5, 0.6) is 0 Å². The van der Waals surface area contributed by atoms with Crippen molar-refractivity contribution in [2.45, 2.75) is 25.9 Å². The monoisotopic (exact) mass is 228 g/mol. The average Bonchev–Trinajstić information content (AvgIpc) is 2.60. The lowest BCUT2D eigenvalue weighted by Crippen LogP contribution is -2.10. The zero-order valence-electron chi connectivity index (χ0n) is 8.89. The Morgan fingerprint density at radius 2 is 1.94 bits per heavy atom. The van der Waals surface area contributed by atoms with Crippen LogP contribution in [0, 0.1) is 0 Å². The molecule has 0 aliphatic rings. The van der Waals surface area contributed by atoms with E-state index in [9.17, 15) is 13.2 Å². The van der Waals surface area contributed by atoms with Crippen LogP contribution in [0.1, 0.15) is 30.9 Å². The molecular formula is C11H11F3N2. The van der Waals surface area contributed by atoms with Crippen molar-refractivity contribution < 1.29 is 13.2 Å². The second-order valence-corrected chi connectivity index (χ2v) is 4.05. The Kier molecular flexibility index (Phi) is 2.40. The first-order chi connectivity index (χ1) is 7.39. The van der Waals surface area contributed by atoms with Crippen molar-refractivity contribution in [1.29, 1.82) is 0 Å². The number of benzene rings is 1. The first-order valence-electron chi connectivity index (χ1n) is 4.94. The molecule has 86 valence electrons. The lowest BCUT2D eigenvalue weighted by Gasteiger charge is -2.15.